The Morgan fingerprint density at radius 1 is 1.33 bits per heavy atom. The van der Waals surface area contributed by atoms with Crippen molar-refractivity contribution in [3.8, 4) is 0 Å². The zero-order valence-corrected chi connectivity index (χ0v) is 12.4. The number of aliphatic hydroxyl groups excluding tert-OH is 1. The van der Waals surface area contributed by atoms with Gasteiger partial charge in [-0.05, 0) is 44.3 Å². The van der Waals surface area contributed by atoms with Gasteiger partial charge in [-0.3, -0.25) is 0 Å². The number of rotatable bonds is 6. The molecule has 1 saturated heterocycles. The summed E-state index contributed by atoms with van der Waals surface area (Å²) in [5, 5.41) is 10.0. The van der Waals surface area contributed by atoms with Gasteiger partial charge in [0.2, 0.25) is 0 Å². The minimum Gasteiger partial charge on any atom is -0.388 e. The van der Waals surface area contributed by atoms with Gasteiger partial charge in [0.15, 0.2) is 11.6 Å². The summed E-state index contributed by atoms with van der Waals surface area (Å²) in [6.45, 7) is 3.42. The van der Waals surface area contributed by atoms with Crippen LogP contribution in [0.15, 0.2) is 18.2 Å². The smallest absolute Gasteiger partial charge is 0.164 e. The second kappa shape index (κ2) is 7.82. The van der Waals surface area contributed by atoms with Gasteiger partial charge in [-0.25, -0.2) is 8.78 Å². The van der Waals surface area contributed by atoms with E-state index in [-0.39, 0.29) is 5.56 Å². The van der Waals surface area contributed by atoms with Crippen molar-refractivity contribution < 1.29 is 18.6 Å². The first-order valence-corrected chi connectivity index (χ1v) is 7.45. The fourth-order valence-corrected chi connectivity index (χ4v) is 2.85. The van der Waals surface area contributed by atoms with Gasteiger partial charge in [-0.2, -0.15) is 0 Å². The molecular weight excluding hydrogens is 276 g/mol. The third-order valence-corrected chi connectivity index (χ3v) is 4.17. The average Bonchev–Trinajstić information content (AvgIpc) is 2.49. The van der Waals surface area contributed by atoms with Gasteiger partial charge < -0.3 is 14.7 Å². The minimum absolute atomic E-state index is 0.0456. The fraction of sp³-hybridized carbons (Fsp3) is 0.625. The molecule has 21 heavy (non-hydrogen) atoms. The molecule has 2 rings (SSSR count). The normalized spacial score (nSPS) is 18.9. The van der Waals surface area contributed by atoms with Crippen molar-refractivity contribution >= 4 is 0 Å². The molecule has 0 saturated carbocycles. The molecule has 5 heteroatoms. The average molecular weight is 299 g/mol. The molecule has 1 N–H and O–H groups in total. The quantitative estimate of drug-likeness (QED) is 0.877. The molecule has 1 atom stereocenters. The Bertz CT molecular complexity index is 448. The summed E-state index contributed by atoms with van der Waals surface area (Å²) in [5.41, 5.74) is 0.0456. The molecule has 1 aromatic carbocycles. The first-order chi connectivity index (χ1) is 10.1. The number of hydrogen-bond donors (Lipinski definition) is 1. The van der Waals surface area contributed by atoms with Crippen LogP contribution in [0.25, 0.3) is 0 Å². The Morgan fingerprint density at radius 2 is 2.05 bits per heavy atom. The molecule has 1 aliphatic rings. The Morgan fingerprint density at radius 3 is 2.71 bits per heavy atom. The molecule has 118 valence electrons. The third-order valence-electron chi connectivity index (χ3n) is 4.17. The standard InChI is InChI=1S/C16H23F2NO2/c1-21-11-12-5-8-19(9-6-12)10-7-15(20)13-3-2-4-14(17)16(13)18/h2-4,12,15,20H,5-11H2,1H3. The Hall–Kier alpha value is -1.04. The van der Waals surface area contributed by atoms with Crippen LogP contribution >= 0.6 is 0 Å². The summed E-state index contributed by atoms with van der Waals surface area (Å²) in [6, 6.07) is 3.92. The number of likely N-dealkylation sites (tertiary alicyclic amines) is 1. The zero-order valence-electron chi connectivity index (χ0n) is 12.4. The molecule has 1 aromatic rings. The van der Waals surface area contributed by atoms with Gasteiger partial charge in [0.05, 0.1) is 6.10 Å². The Labute approximate surface area is 124 Å². The monoisotopic (exact) mass is 299 g/mol. The molecule has 1 fully saturated rings. The van der Waals surface area contributed by atoms with E-state index in [0.717, 1.165) is 38.6 Å². The number of methoxy groups -OCH3 is 1. The predicted molar refractivity (Wildman–Crippen MR) is 77.0 cm³/mol. The maximum Gasteiger partial charge on any atom is 0.164 e. The van der Waals surface area contributed by atoms with Gasteiger partial charge in [0.25, 0.3) is 0 Å². The molecule has 1 heterocycles. The highest BCUT2D eigenvalue weighted by Gasteiger charge is 2.21. The van der Waals surface area contributed by atoms with Crippen LogP contribution in [-0.4, -0.2) is 43.4 Å². The Kier molecular flexibility index (Phi) is 6.08. The van der Waals surface area contributed by atoms with Crippen molar-refractivity contribution in [2.45, 2.75) is 25.4 Å². The zero-order chi connectivity index (χ0) is 15.2. The molecule has 0 bridgehead atoms. The number of halogens is 2. The molecule has 3 nitrogen and oxygen atoms in total. The van der Waals surface area contributed by atoms with E-state index >= 15 is 0 Å². The predicted octanol–water partition coefficient (Wildman–Crippen LogP) is 2.75. The lowest BCUT2D eigenvalue weighted by molar-refractivity contribution is 0.0861. The van der Waals surface area contributed by atoms with Crippen LogP contribution in [0.2, 0.25) is 0 Å². The van der Waals surface area contributed by atoms with Crippen molar-refractivity contribution in [3.63, 3.8) is 0 Å². The first kappa shape index (κ1) is 16.3. The topological polar surface area (TPSA) is 32.7 Å². The van der Waals surface area contributed by atoms with Crippen LogP contribution in [0.5, 0.6) is 0 Å². The van der Waals surface area contributed by atoms with Crippen molar-refractivity contribution in [2.75, 3.05) is 33.4 Å². The van der Waals surface area contributed by atoms with Crippen LogP contribution in [0.1, 0.15) is 30.9 Å². The van der Waals surface area contributed by atoms with Crippen molar-refractivity contribution in [3.05, 3.63) is 35.4 Å². The third kappa shape index (κ3) is 4.46. The van der Waals surface area contributed by atoms with E-state index in [1.807, 2.05) is 0 Å². The lowest BCUT2D eigenvalue weighted by Crippen LogP contribution is -2.36. The number of benzene rings is 1. The van der Waals surface area contributed by atoms with Gasteiger partial charge in [0, 0.05) is 25.8 Å². The van der Waals surface area contributed by atoms with E-state index in [9.17, 15) is 13.9 Å². The van der Waals surface area contributed by atoms with Gasteiger partial charge >= 0.3 is 0 Å². The molecule has 0 aromatic heterocycles. The lowest BCUT2D eigenvalue weighted by Gasteiger charge is -2.32. The number of piperidine rings is 1. The summed E-state index contributed by atoms with van der Waals surface area (Å²) in [5.74, 6) is -1.24. The molecule has 0 spiro atoms. The van der Waals surface area contributed by atoms with Gasteiger partial charge in [0.1, 0.15) is 0 Å². The summed E-state index contributed by atoms with van der Waals surface area (Å²) >= 11 is 0. The van der Waals surface area contributed by atoms with Crippen molar-refractivity contribution in [1.82, 2.24) is 4.90 Å². The Balaban J connectivity index is 1.79. The highest BCUT2D eigenvalue weighted by molar-refractivity contribution is 5.21. The maximum atomic E-state index is 13.6. The molecule has 1 aliphatic heterocycles. The summed E-state index contributed by atoms with van der Waals surface area (Å²) in [7, 11) is 1.72. The minimum atomic E-state index is -0.961. The highest BCUT2D eigenvalue weighted by Crippen LogP contribution is 2.23. The van der Waals surface area contributed by atoms with E-state index < -0.39 is 17.7 Å². The van der Waals surface area contributed by atoms with Crippen molar-refractivity contribution in [2.24, 2.45) is 5.92 Å². The van der Waals surface area contributed by atoms with E-state index in [1.165, 1.54) is 12.1 Å². The maximum absolute atomic E-state index is 13.6. The van der Waals surface area contributed by atoms with Crippen LogP contribution < -0.4 is 0 Å². The number of ether oxygens (including phenoxy) is 1. The van der Waals surface area contributed by atoms with Crippen LogP contribution in [-0.2, 0) is 4.74 Å². The lowest BCUT2D eigenvalue weighted by atomic mass is 9.97. The summed E-state index contributed by atoms with van der Waals surface area (Å²) < 4.78 is 31.9. The molecule has 0 radical (unpaired) electrons. The number of hydrogen-bond acceptors (Lipinski definition) is 3. The van der Waals surface area contributed by atoms with Crippen LogP contribution in [0.4, 0.5) is 8.78 Å². The van der Waals surface area contributed by atoms with Crippen LogP contribution in [0, 0.1) is 17.6 Å². The van der Waals surface area contributed by atoms with Gasteiger partial charge in [-0.15, -0.1) is 0 Å². The SMILES string of the molecule is COCC1CCN(CCC(O)c2cccc(F)c2F)CC1. The first-order valence-electron chi connectivity index (χ1n) is 7.45. The largest absolute Gasteiger partial charge is 0.388 e. The molecule has 1 unspecified atom stereocenters. The molecular formula is C16H23F2NO2. The van der Waals surface area contributed by atoms with Crippen molar-refractivity contribution in [1.29, 1.82) is 0 Å². The second-order valence-corrected chi connectivity index (χ2v) is 5.69. The number of nitrogens with zero attached hydrogens (tertiary/aromatic N) is 1. The van der Waals surface area contributed by atoms with E-state index in [0.29, 0.717) is 18.9 Å². The van der Waals surface area contributed by atoms with E-state index in [1.54, 1.807) is 7.11 Å². The molecule has 0 aliphatic carbocycles. The van der Waals surface area contributed by atoms with Gasteiger partial charge in [-0.1, -0.05) is 12.1 Å². The second-order valence-electron chi connectivity index (χ2n) is 5.69. The fourth-order valence-electron chi connectivity index (χ4n) is 2.85. The number of aliphatic hydroxyl groups is 1. The summed E-state index contributed by atoms with van der Waals surface area (Å²) in [4.78, 5) is 2.26. The summed E-state index contributed by atoms with van der Waals surface area (Å²) in [6.07, 6.45) is 1.61. The molecule has 0 amide bonds. The highest BCUT2D eigenvalue weighted by atomic mass is 19.2. The van der Waals surface area contributed by atoms with Crippen LogP contribution in [0.3, 0.4) is 0 Å². The van der Waals surface area contributed by atoms with E-state index in [2.05, 4.69) is 4.90 Å². The van der Waals surface area contributed by atoms with E-state index in [4.69, 9.17) is 4.74 Å².